The zero-order valence-corrected chi connectivity index (χ0v) is 13.8. The van der Waals surface area contributed by atoms with Crippen molar-refractivity contribution in [1.82, 2.24) is 9.80 Å². The lowest BCUT2D eigenvalue weighted by Gasteiger charge is -2.39. The second-order valence-corrected chi connectivity index (χ2v) is 6.84. The quantitative estimate of drug-likeness (QED) is 0.781. The lowest BCUT2D eigenvalue weighted by molar-refractivity contribution is 0.0551. The Kier molecular flexibility index (Phi) is 5.14. The van der Waals surface area contributed by atoms with Gasteiger partial charge in [0.2, 0.25) is 0 Å². The Morgan fingerprint density at radius 2 is 1.68 bits per heavy atom. The first kappa shape index (κ1) is 15.5. The van der Waals surface area contributed by atoms with Gasteiger partial charge in [0.25, 0.3) is 5.91 Å². The molecule has 0 N–H and O–H groups in total. The van der Waals surface area contributed by atoms with Gasteiger partial charge in [0, 0.05) is 37.8 Å². The van der Waals surface area contributed by atoms with Gasteiger partial charge in [-0.1, -0.05) is 43.4 Å². The zero-order chi connectivity index (χ0) is 15.4. The highest BCUT2D eigenvalue weighted by atomic mass is 16.2. The maximum atomic E-state index is 12.6. The topological polar surface area (TPSA) is 23.6 Å². The van der Waals surface area contributed by atoms with Crippen molar-refractivity contribution in [1.29, 1.82) is 0 Å². The van der Waals surface area contributed by atoms with Crippen LogP contribution >= 0.6 is 0 Å². The Morgan fingerprint density at radius 3 is 2.32 bits per heavy atom. The number of carbonyl (C=O) groups excluding carboxylic acids is 1. The lowest BCUT2D eigenvalue weighted by Crippen LogP contribution is -2.51. The molecule has 2 aliphatic rings. The maximum Gasteiger partial charge on any atom is 0.253 e. The molecule has 2 fully saturated rings. The minimum Gasteiger partial charge on any atom is -0.336 e. The SMILES string of the molecule is Cc1cccc(C(=O)N2CCN(C3CCCCCC3)CC2)c1. The van der Waals surface area contributed by atoms with E-state index in [1.807, 2.05) is 36.1 Å². The van der Waals surface area contributed by atoms with Crippen molar-refractivity contribution in [2.75, 3.05) is 26.2 Å². The van der Waals surface area contributed by atoms with E-state index in [4.69, 9.17) is 0 Å². The Balaban J connectivity index is 1.56. The summed E-state index contributed by atoms with van der Waals surface area (Å²) >= 11 is 0. The van der Waals surface area contributed by atoms with Crippen LogP contribution in [-0.2, 0) is 0 Å². The van der Waals surface area contributed by atoms with E-state index >= 15 is 0 Å². The second kappa shape index (κ2) is 7.28. The first-order valence-corrected chi connectivity index (χ1v) is 8.84. The molecule has 120 valence electrons. The predicted octanol–water partition coefficient (Wildman–Crippen LogP) is 3.48. The minimum atomic E-state index is 0.198. The summed E-state index contributed by atoms with van der Waals surface area (Å²) < 4.78 is 0. The fraction of sp³-hybridized carbons (Fsp3) is 0.632. The van der Waals surface area contributed by atoms with Gasteiger partial charge in [-0.25, -0.2) is 0 Å². The lowest BCUT2D eigenvalue weighted by atomic mass is 10.1. The van der Waals surface area contributed by atoms with Gasteiger partial charge in [-0.05, 0) is 31.9 Å². The molecule has 0 radical (unpaired) electrons. The molecule has 1 aliphatic heterocycles. The third kappa shape index (κ3) is 3.70. The van der Waals surface area contributed by atoms with Crippen molar-refractivity contribution >= 4 is 5.91 Å². The number of aryl methyl sites for hydroxylation is 1. The number of hydrogen-bond acceptors (Lipinski definition) is 2. The second-order valence-electron chi connectivity index (χ2n) is 6.84. The summed E-state index contributed by atoms with van der Waals surface area (Å²) in [5.74, 6) is 0.198. The summed E-state index contributed by atoms with van der Waals surface area (Å²) in [6.45, 7) is 5.89. The van der Waals surface area contributed by atoms with Crippen molar-refractivity contribution in [3.63, 3.8) is 0 Å². The van der Waals surface area contributed by atoms with Crippen LogP contribution < -0.4 is 0 Å². The molecule has 1 saturated carbocycles. The van der Waals surface area contributed by atoms with Crippen LogP contribution in [0.15, 0.2) is 24.3 Å². The molecule has 1 aliphatic carbocycles. The van der Waals surface area contributed by atoms with Gasteiger partial charge in [-0.2, -0.15) is 0 Å². The van der Waals surface area contributed by atoms with E-state index in [0.717, 1.165) is 43.3 Å². The van der Waals surface area contributed by atoms with Gasteiger partial charge in [-0.15, -0.1) is 0 Å². The minimum absolute atomic E-state index is 0.198. The molecule has 0 aromatic heterocycles. The molecular formula is C19H28N2O. The highest BCUT2D eigenvalue weighted by molar-refractivity contribution is 5.94. The zero-order valence-electron chi connectivity index (χ0n) is 13.8. The molecular weight excluding hydrogens is 272 g/mol. The standard InChI is InChI=1S/C19H28N2O/c1-16-7-6-8-17(15-16)19(22)21-13-11-20(12-14-21)18-9-4-2-3-5-10-18/h6-8,15,18H,2-5,9-14H2,1H3. The number of rotatable bonds is 2. The first-order valence-electron chi connectivity index (χ1n) is 8.84. The fourth-order valence-electron chi connectivity index (χ4n) is 3.87. The Morgan fingerprint density at radius 1 is 1.00 bits per heavy atom. The Hall–Kier alpha value is -1.35. The maximum absolute atomic E-state index is 12.6. The van der Waals surface area contributed by atoms with Crippen molar-refractivity contribution in [3.8, 4) is 0 Å². The van der Waals surface area contributed by atoms with E-state index in [-0.39, 0.29) is 5.91 Å². The molecule has 3 heteroatoms. The third-order valence-corrected chi connectivity index (χ3v) is 5.21. The molecule has 1 aromatic carbocycles. The van der Waals surface area contributed by atoms with Gasteiger partial charge in [0.1, 0.15) is 0 Å². The van der Waals surface area contributed by atoms with Crippen molar-refractivity contribution < 1.29 is 4.79 Å². The van der Waals surface area contributed by atoms with Crippen LogP contribution in [-0.4, -0.2) is 47.9 Å². The van der Waals surface area contributed by atoms with Gasteiger partial charge in [0.15, 0.2) is 0 Å². The average Bonchev–Trinajstić information content (AvgIpc) is 2.84. The molecule has 22 heavy (non-hydrogen) atoms. The molecule has 0 bridgehead atoms. The van der Waals surface area contributed by atoms with E-state index in [2.05, 4.69) is 4.90 Å². The third-order valence-electron chi connectivity index (χ3n) is 5.21. The molecule has 0 atom stereocenters. The largest absolute Gasteiger partial charge is 0.336 e. The van der Waals surface area contributed by atoms with E-state index in [9.17, 15) is 4.79 Å². The van der Waals surface area contributed by atoms with Crippen LogP contribution in [0.5, 0.6) is 0 Å². The van der Waals surface area contributed by atoms with Crippen molar-refractivity contribution in [2.45, 2.75) is 51.5 Å². The molecule has 3 rings (SSSR count). The molecule has 0 spiro atoms. The number of amides is 1. The van der Waals surface area contributed by atoms with Crippen LogP contribution in [0.25, 0.3) is 0 Å². The highest BCUT2D eigenvalue weighted by Crippen LogP contribution is 2.23. The van der Waals surface area contributed by atoms with Crippen LogP contribution in [0.4, 0.5) is 0 Å². The van der Waals surface area contributed by atoms with Crippen molar-refractivity contribution in [3.05, 3.63) is 35.4 Å². The molecule has 0 unspecified atom stereocenters. The average molecular weight is 300 g/mol. The van der Waals surface area contributed by atoms with Gasteiger partial charge >= 0.3 is 0 Å². The summed E-state index contributed by atoms with van der Waals surface area (Å²) in [5, 5.41) is 0. The number of hydrogen-bond donors (Lipinski definition) is 0. The van der Waals surface area contributed by atoms with Gasteiger partial charge in [0.05, 0.1) is 0 Å². The summed E-state index contributed by atoms with van der Waals surface area (Å²) in [7, 11) is 0. The van der Waals surface area contributed by atoms with E-state index < -0.39 is 0 Å². The molecule has 1 amide bonds. The first-order chi connectivity index (χ1) is 10.7. The summed E-state index contributed by atoms with van der Waals surface area (Å²) in [6.07, 6.45) is 8.28. The summed E-state index contributed by atoms with van der Waals surface area (Å²) in [6, 6.07) is 8.72. The number of nitrogens with zero attached hydrogens (tertiary/aromatic N) is 2. The normalized spacial score (nSPS) is 21.6. The van der Waals surface area contributed by atoms with Crippen LogP contribution in [0.1, 0.15) is 54.4 Å². The number of benzene rings is 1. The number of carbonyl (C=O) groups is 1. The van der Waals surface area contributed by atoms with E-state index in [0.29, 0.717) is 0 Å². The van der Waals surface area contributed by atoms with Crippen LogP contribution in [0.2, 0.25) is 0 Å². The highest BCUT2D eigenvalue weighted by Gasteiger charge is 2.26. The fourth-order valence-corrected chi connectivity index (χ4v) is 3.87. The molecule has 3 nitrogen and oxygen atoms in total. The van der Waals surface area contributed by atoms with E-state index in [1.54, 1.807) is 0 Å². The summed E-state index contributed by atoms with van der Waals surface area (Å²) in [5.41, 5.74) is 1.99. The summed E-state index contributed by atoms with van der Waals surface area (Å²) in [4.78, 5) is 17.3. The van der Waals surface area contributed by atoms with Gasteiger partial charge < -0.3 is 4.90 Å². The molecule has 1 saturated heterocycles. The predicted molar refractivity (Wildman–Crippen MR) is 90.1 cm³/mol. The van der Waals surface area contributed by atoms with Gasteiger partial charge in [-0.3, -0.25) is 9.69 Å². The smallest absolute Gasteiger partial charge is 0.253 e. The monoisotopic (exact) mass is 300 g/mol. The van der Waals surface area contributed by atoms with E-state index in [1.165, 1.54) is 38.5 Å². The Bertz CT molecular complexity index is 498. The number of piperazine rings is 1. The molecule has 1 aromatic rings. The van der Waals surface area contributed by atoms with Crippen LogP contribution in [0.3, 0.4) is 0 Å². The Labute approximate surface area is 134 Å². The molecule has 1 heterocycles. The van der Waals surface area contributed by atoms with Crippen molar-refractivity contribution in [2.24, 2.45) is 0 Å². The van der Waals surface area contributed by atoms with Crippen LogP contribution in [0, 0.1) is 6.92 Å².